The number of rotatable bonds is 6. The van der Waals surface area contributed by atoms with Crippen LogP contribution in [0.3, 0.4) is 0 Å². The fraction of sp³-hybridized carbons (Fsp3) is 0.391. The lowest BCUT2D eigenvalue weighted by Crippen LogP contribution is -2.32. The monoisotopic (exact) mass is 453 g/mol. The third-order valence-corrected chi connectivity index (χ3v) is 6.16. The smallest absolute Gasteiger partial charge is 0.253 e. The van der Waals surface area contributed by atoms with Crippen LogP contribution in [0.1, 0.15) is 48.7 Å². The Kier molecular flexibility index (Phi) is 6.66. The molecule has 2 unspecified atom stereocenters. The first-order valence-electron chi connectivity index (χ1n) is 10.7. The van der Waals surface area contributed by atoms with E-state index in [0.717, 1.165) is 24.2 Å². The molecule has 3 aromatic heterocycles. The Balaban J connectivity index is 1.36. The van der Waals surface area contributed by atoms with Crippen LogP contribution in [0.2, 0.25) is 0 Å². The van der Waals surface area contributed by atoms with Crippen molar-refractivity contribution in [3.05, 3.63) is 53.3 Å². The van der Waals surface area contributed by atoms with Crippen LogP contribution in [0, 0.1) is 0 Å². The first-order valence-corrected chi connectivity index (χ1v) is 11.5. The van der Waals surface area contributed by atoms with E-state index in [1.54, 1.807) is 23.0 Å². The van der Waals surface area contributed by atoms with Crippen molar-refractivity contribution in [2.24, 2.45) is 7.05 Å². The molecule has 2 N–H and O–H groups in total. The number of nitrogens with one attached hydrogen (secondary N) is 2. The Morgan fingerprint density at radius 3 is 2.66 bits per heavy atom. The first-order chi connectivity index (χ1) is 15.4. The summed E-state index contributed by atoms with van der Waals surface area (Å²) in [6.07, 6.45) is 5.82. The van der Waals surface area contributed by atoms with E-state index in [1.165, 1.54) is 11.3 Å². The van der Waals surface area contributed by atoms with Gasteiger partial charge in [0.1, 0.15) is 5.69 Å². The number of hydrogen-bond donors (Lipinski definition) is 2. The topological polar surface area (TPSA) is 98.1 Å². The van der Waals surface area contributed by atoms with Gasteiger partial charge in [-0.05, 0) is 44.9 Å². The highest BCUT2D eigenvalue weighted by molar-refractivity contribution is 7.14. The number of hydrogen-bond acceptors (Lipinski definition) is 6. The molecule has 1 aliphatic rings. The molecule has 2 amide bonds. The largest absolute Gasteiger partial charge is 0.376 e. The molecule has 32 heavy (non-hydrogen) atoms. The van der Waals surface area contributed by atoms with Crippen LogP contribution in [-0.2, 0) is 16.6 Å². The molecule has 8 nitrogen and oxygen atoms in total. The van der Waals surface area contributed by atoms with Gasteiger partial charge in [-0.1, -0.05) is 6.07 Å². The number of carbonyl (C=O) groups excluding carboxylic acids is 2. The lowest BCUT2D eigenvalue weighted by atomic mass is 9.89. The van der Waals surface area contributed by atoms with Gasteiger partial charge in [-0.15, -0.1) is 11.3 Å². The Bertz CT molecular complexity index is 1100. The van der Waals surface area contributed by atoms with Gasteiger partial charge in [0, 0.05) is 36.4 Å². The summed E-state index contributed by atoms with van der Waals surface area (Å²) in [5.74, 6) is -0.264. The highest BCUT2D eigenvalue weighted by Crippen LogP contribution is 2.33. The van der Waals surface area contributed by atoms with Crippen molar-refractivity contribution in [2.75, 3.05) is 11.9 Å². The zero-order valence-corrected chi connectivity index (χ0v) is 19.2. The van der Waals surface area contributed by atoms with Gasteiger partial charge in [0.15, 0.2) is 5.13 Å². The molecular weight excluding hydrogens is 426 g/mol. The summed E-state index contributed by atoms with van der Waals surface area (Å²) in [5, 5.41) is 7.70. The molecule has 1 fully saturated rings. The summed E-state index contributed by atoms with van der Waals surface area (Å²) in [6.45, 7) is 4.07. The number of pyridine rings is 1. The Morgan fingerprint density at radius 1 is 1.16 bits per heavy atom. The lowest BCUT2D eigenvalue weighted by molar-refractivity contribution is -0.115. The number of aryl methyl sites for hydroxylation is 1. The molecule has 0 spiro atoms. The number of ether oxygens (including phenoxy) is 1. The molecule has 3 aromatic rings. The van der Waals surface area contributed by atoms with E-state index in [4.69, 9.17) is 9.72 Å². The lowest BCUT2D eigenvalue weighted by Gasteiger charge is -2.31. The maximum atomic E-state index is 12.2. The first kappa shape index (κ1) is 22.2. The van der Waals surface area contributed by atoms with Crippen molar-refractivity contribution < 1.29 is 14.3 Å². The average molecular weight is 454 g/mol. The number of carbonyl (C=O) groups is 2. The van der Waals surface area contributed by atoms with Crippen molar-refractivity contribution >= 4 is 28.3 Å². The van der Waals surface area contributed by atoms with Crippen molar-refractivity contribution in [3.63, 3.8) is 0 Å². The van der Waals surface area contributed by atoms with Gasteiger partial charge in [0.2, 0.25) is 5.91 Å². The van der Waals surface area contributed by atoms with Crippen molar-refractivity contribution in [2.45, 2.75) is 44.8 Å². The van der Waals surface area contributed by atoms with Crippen LogP contribution < -0.4 is 10.6 Å². The van der Waals surface area contributed by atoms with Crippen LogP contribution in [0.5, 0.6) is 0 Å². The third kappa shape index (κ3) is 5.41. The molecule has 1 aliphatic heterocycles. The Labute approximate surface area is 191 Å². The maximum Gasteiger partial charge on any atom is 0.253 e. The molecule has 9 heteroatoms. The SMILES string of the molecule is CC1CC(c2cccc(-c3csc(NC(=O)CNC(=O)c4ccn(C)c4)n3)n2)CC(C)O1. The van der Waals surface area contributed by atoms with E-state index in [0.29, 0.717) is 22.3 Å². The molecule has 0 radical (unpaired) electrons. The van der Waals surface area contributed by atoms with E-state index in [9.17, 15) is 9.59 Å². The Morgan fingerprint density at radius 2 is 1.94 bits per heavy atom. The van der Waals surface area contributed by atoms with Gasteiger partial charge in [0.05, 0.1) is 30.0 Å². The molecular formula is C23H27N5O3S. The average Bonchev–Trinajstić information content (AvgIpc) is 3.40. The minimum Gasteiger partial charge on any atom is -0.376 e. The molecule has 168 valence electrons. The molecule has 0 aliphatic carbocycles. The van der Waals surface area contributed by atoms with Crippen molar-refractivity contribution in [1.82, 2.24) is 19.9 Å². The summed E-state index contributed by atoms with van der Waals surface area (Å²) in [6, 6.07) is 7.68. The number of nitrogens with zero attached hydrogens (tertiary/aromatic N) is 3. The number of aromatic nitrogens is 3. The predicted molar refractivity (Wildman–Crippen MR) is 124 cm³/mol. The summed E-state index contributed by atoms with van der Waals surface area (Å²) >= 11 is 1.33. The van der Waals surface area contributed by atoms with E-state index in [1.807, 2.05) is 24.6 Å². The zero-order valence-electron chi connectivity index (χ0n) is 18.4. The minimum absolute atomic E-state index is 0.128. The fourth-order valence-corrected chi connectivity index (χ4v) is 4.70. The fourth-order valence-electron chi connectivity index (χ4n) is 3.98. The third-order valence-electron chi connectivity index (χ3n) is 5.40. The summed E-state index contributed by atoms with van der Waals surface area (Å²) < 4.78 is 7.62. The highest BCUT2D eigenvalue weighted by Gasteiger charge is 2.26. The molecule has 0 saturated carbocycles. The van der Waals surface area contributed by atoms with Crippen molar-refractivity contribution in [1.29, 1.82) is 0 Å². The van der Waals surface area contributed by atoms with Gasteiger partial charge in [-0.2, -0.15) is 0 Å². The van der Waals surface area contributed by atoms with E-state index < -0.39 is 0 Å². The Hall–Kier alpha value is -3.04. The maximum absolute atomic E-state index is 12.2. The molecule has 0 bridgehead atoms. The van der Waals surface area contributed by atoms with Crippen LogP contribution in [0.4, 0.5) is 5.13 Å². The number of amides is 2. The standard InChI is InChI=1S/C23H27N5O3S/c1-14-9-17(10-15(2)31-14)18-5-4-6-19(25-18)20-13-32-23(26-20)27-21(29)11-24-22(30)16-7-8-28(3)12-16/h4-8,12-15,17H,9-11H2,1-3H3,(H,24,30)(H,26,27,29). The van der Waals surface area contributed by atoms with E-state index in [2.05, 4.69) is 35.5 Å². The summed E-state index contributed by atoms with van der Waals surface area (Å²) in [5.41, 5.74) is 3.06. The number of anilines is 1. The van der Waals surface area contributed by atoms with E-state index >= 15 is 0 Å². The summed E-state index contributed by atoms with van der Waals surface area (Å²) in [4.78, 5) is 33.7. The second kappa shape index (κ2) is 9.62. The highest BCUT2D eigenvalue weighted by atomic mass is 32.1. The summed E-state index contributed by atoms with van der Waals surface area (Å²) in [7, 11) is 1.83. The predicted octanol–water partition coefficient (Wildman–Crippen LogP) is 3.58. The molecule has 4 heterocycles. The second-order valence-corrected chi connectivity index (χ2v) is 9.07. The minimum atomic E-state index is -0.331. The molecule has 4 rings (SSSR count). The van der Waals surface area contributed by atoms with Gasteiger partial charge in [-0.3, -0.25) is 14.6 Å². The quantitative estimate of drug-likeness (QED) is 0.594. The normalized spacial score (nSPS) is 20.7. The van der Waals surface area contributed by atoms with Gasteiger partial charge >= 0.3 is 0 Å². The molecule has 1 saturated heterocycles. The van der Waals surface area contributed by atoms with Crippen LogP contribution in [0.25, 0.3) is 11.4 Å². The zero-order chi connectivity index (χ0) is 22.7. The number of thiazole rings is 1. The van der Waals surface area contributed by atoms with Crippen molar-refractivity contribution in [3.8, 4) is 11.4 Å². The van der Waals surface area contributed by atoms with Gasteiger partial charge in [-0.25, -0.2) is 4.98 Å². The molecule has 2 atom stereocenters. The van der Waals surface area contributed by atoms with Crippen LogP contribution in [-0.4, -0.2) is 45.1 Å². The van der Waals surface area contributed by atoms with Gasteiger partial charge in [0.25, 0.3) is 5.91 Å². The van der Waals surface area contributed by atoms with Crippen LogP contribution in [0.15, 0.2) is 42.0 Å². The molecule has 0 aromatic carbocycles. The van der Waals surface area contributed by atoms with E-state index in [-0.39, 0.29) is 30.6 Å². The second-order valence-electron chi connectivity index (χ2n) is 8.21. The van der Waals surface area contributed by atoms with Crippen LogP contribution >= 0.6 is 11.3 Å². The van der Waals surface area contributed by atoms with Gasteiger partial charge < -0.3 is 19.9 Å².